The van der Waals surface area contributed by atoms with E-state index in [1.165, 1.54) is 12.5 Å². The minimum absolute atomic E-state index is 0.191. The first-order valence-corrected chi connectivity index (χ1v) is 6.67. The topological polar surface area (TPSA) is 15.3 Å². The number of hydrogen-bond donors (Lipinski definition) is 1. The molecule has 2 nitrogen and oxygen atoms in total. The summed E-state index contributed by atoms with van der Waals surface area (Å²) in [5.41, 5.74) is 0.976. The lowest BCUT2D eigenvalue weighted by atomic mass is 10.2. The van der Waals surface area contributed by atoms with Gasteiger partial charge >= 0.3 is 0 Å². The van der Waals surface area contributed by atoms with Crippen molar-refractivity contribution in [1.29, 1.82) is 0 Å². The van der Waals surface area contributed by atoms with Crippen molar-refractivity contribution in [3.8, 4) is 0 Å². The second-order valence-electron chi connectivity index (χ2n) is 4.46. The number of hydrogen-bond acceptors (Lipinski definition) is 2. The number of rotatable bonds is 7. The molecule has 1 rings (SSSR count). The van der Waals surface area contributed by atoms with E-state index in [2.05, 4.69) is 40.2 Å². The maximum absolute atomic E-state index is 13.1. The molecule has 4 heteroatoms. The molecule has 0 aliphatic carbocycles. The van der Waals surface area contributed by atoms with Crippen molar-refractivity contribution in [3.05, 3.63) is 34.1 Å². The molecule has 0 unspecified atom stereocenters. The highest BCUT2D eigenvalue weighted by molar-refractivity contribution is 9.10. The molecule has 0 aliphatic rings. The van der Waals surface area contributed by atoms with E-state index >= 15 is 0 Å². The third-order valence-electron chi connectivity index (χ3n) is 2.46. The van der Waals surface area contributed by atoms with Crippen LogP contribution in [0.4, 0.5) is 4.39 Å². The van der Waals surface area contributed by atoms with Gasteiger partial charge in [-0.2, -0.15) is 0 Å². The summed E-state index contributed by atoms with van der Waals surface area (Å²) in [6.07, 6.45) is 2.33. The largest absolute Gasteiger partial charge is 0.313 e. The van der Waals surface area contributed by atoms with Crippen LogP contribution in [-0.2, 0) is 6.54 Å². The van der Waals surface area contributed by atoms with Gasteiger partial charge in [0, 0.05) is 11.0 Å². The summed E-state index contributed by atoms with van der Waals surface area (Å²) in [5, 5.41) is 3.32. The monoisotopic (exact) mass is 302 g/mol. The summed E-state index contributed by atoms with van der Waals surface area (Å²) in [4.78, 5) is 2.18. The highest BCUT2D eigenvalue weighted by atomic mass is 79.9. The fourth-order valence-corrected chi connectivity index (χ4v) is 2.14. The average molecular weight is 303 g/mol. The van der Waals surface area contributed by atoms with Crippen LogP contribution in [0.1, 0.15) is 18.4 Å². The molecule has 1 aromatic carbocycles. The minimum Gasteiger partial charge on any atom is -0.313 e. The molecule has 0 aliphatic heterocycles. The van der Waals surface area contributed by atoms with Gasteiger partial charge in [0.2, 0.25) is 0 Å². The zero-order valence-corrected chi connectivity index (χ0v) is 12.1. The van der Waals surface area contributed by atoms with E-state index in [9.17, 15) is 4.39 Å². The first kappa shape index (κ1) is 14.6. The van der Waals surface area contributed by atoms with Gasteiger partial charge in [0.1, 0.15) is 5.82 Å². The van der Waals surface area contributed by atoms with Crippen LogP contribution in [0.2, 0.25) is 0 Å². The smallest absolute Gasteiger partial charge is 0.124 e. The van der Waals surface area contributed by atoms with Crippen LogP contribution in [0.25, 0.3) is 0 Å². The van der Waals surface area contributed by atoms with Crippen LogP contribution in [0, 0.1) is 5.82 Å². The van der Waals surface area contributed by atoms with E-state index in [-0.39, 0.29) is 5.82 Å². The number of nitrogens with one attached hydrogen (secondary N) is 1. The Morgan fingerprint density at radius 2 is 2.00 bits per heavy atom. The summed E-state index contributed by atoms with van der Waals surface area (Å²) < 4.78 is 13.9. The van der Waals surface area contributed by atoms with E-state index in [1.807, 2.05) is 6.07 Å². The Bertz CT molecular complexity index is 322. The Morgan fingerprint density at radius 1 is 1.24 bits per heavy atom. The summed E-state index contributed by atoms with van der Waals surface area (Å²) >= 11 is 3.29. The molecule has 0 atom stereocenters. The third kappa shape index (κ3) is 6.76. The van der Waals surface area contributed by atoms with Crippen LogP contribution < -0.4 is 5.32 Å². The standard InChI is InChI=1S/C13H20BrFN2/c1-17(2)6-4-3-5-16-10-11-7-12(14)9-13(15)8-11/h7-9,16H,3-6,10H2,1-2H3. The van der Waals surface area contributed by atoms with E-state index in [0.29, 0.717) is 0 Å². The Hall–Kier alpha value is -0.450. The van der Waals surface area contributed by atoms with Crippen LogP contribution in [0.5, 0.6) is 0 Å². The van der Waals surface area contributed by atoms with Crippen molar-refractivity contribution in [3.63, 3.8) is 0 Å². The Balaban J connectivity index is 2.18. The van der Waals surface area contributed by atoms with Crippen molar-refractivity contribution >= 4 is 15.9 Å². The van der Waals surface area contributed by atoms with Gasteiger partial charge in [-0.25, -0.2) is 4.39 Å². The molecule has 0 saturated carbocycles. The second kappa shape index (κ2) is 7.80. The van der Waals surface area contributed by atoms with Gasteiger partial charge in [-0.3, -0.25) is 0 Å². The third-order valence-corrected chi connectivity index (χ3v) is 2.92. The molecule has 1 aromatic rings. The molecule has 0 amide bonds. The van der Waals surface area contributed by atoms with E-state index in [4.69, 9.17) is 0 Å². The van der Waals surface area contributed by atoms with Gasteiger partial charge in [0.15, 0.2) is 0 Å². The summed E-state index contributed by atoms with van der Waals surface area (Å²) in [7, 11) is 4.16. The SMILES string of the molecule is CN(C)CCCCNCc1cc(F)cc(Br)c1. The molecule has 0 fully saturated rings. The molecule has 0 heterocycles. The first-order valence-electron chi connectivity index (χ1n) is 5.88. The van der Waals surface area contributed by atoms with Gasteiger partial charge in [0.05, 0.1) is 0 Å². The predicted molar refractivity (Wildman–Crippen MR) is 73.6 cm³/mol. The van der Waals surface area contributed by atoms with Crippen molar-refractivity contribution < 1.29 is 4.39 Å². The molecular formula is C13H20BrFN2. The molecule has 0 radical (unpaired) electrons. The minimum atomic E-state index is -0.191. The summed E-state index contributed by atoms with van der Waals surface area (Å²) in [6.45, 7) is 2.81. The lowest BCUT2D eigenvalue weighted by Gasteiger charge is -2.09. The predicted octanol–water partition coefficient (Wildman–Crippen LogP) is 3.02. The first-order chi connectivity index (χ1) is 8.08. The molecule has 1 N–H and O–H groups in total. The highest BCUT2D eigenvalue weighted by Gasteiger charge is 1.98. The second-order valence-corrected chi connectivity index (χ2v) is 5.38. The number of benzene rings is 1. The van der Waals surface area contributed by atoms with Gasteiger partial charge in [0.25, 0.3) is 0 Å². The van der Waals surface area contributed by atoms with E-state index in [1.54, 1.807) is 6.07 Å². The quantitative estimate of drug-likeness (QED) is 0.779. The fraction of sp³-hybridized carbons (Fsp3) is 0.538. The van der Waals surface area contributed by atoms with Gasteiger partial charge in [-0.1, -0.05) is 15.9 Å². The normalized spacial score (nSPS) is 11.1. The number of nitrogens with zero attached hydrogens (tertiary/aromatic N) is 1. The van der Waals surface area contributed by atoms with Crippen LogP contribution in [0.15, 0.2) is 22.7 Å². The molecule has 0 spiro atoms. The lowest BCUT2D eigenvalue weighted by molar-refractivity contribution is 0.391. The molecule has 96 valence electrons. The Labute approximate surface area is 111 Å². The molecule has 0 bridgehead atoms. The zero-order valence-electron chi connectivity index (χ0n) is 10.5. The van der Waals surface area contributed by atoms with E-state index < -0.39 is 0 Å². The average Bonchev–Trinajstić information content (AvgIpc) is 2.21. The number of unbranched alkanes of at least 4 members (excludes halogenated alkanes) is 1. The van der Waals surface area contributed by atoms with Crippen LogP contribution >= 0.6 is 15.9 Å². The highest BCUT2D eigenvalue weighted by Crippen LogP contribution is 2.14. The maximum atomic E-state index is 13.1. The van der Waals surface area contributed by atoms with Crippen molar-refractivity contribution in [2.75, 3.05) is 27.2 Å². The Kier molecular flexibility index (Phi) is 6.70. The maximum Gasteiger partial charge on any atom is 0.124 e. The van der Waals surface area contributed by atoms with Gasteiger partial charge in [-0.15, -0.1) is 0 Å². The van der Waals surface area contributed by atoms with Crippen molar-refractivity contribution in [2.45, 2.75) is 19.4 Å². The lowest BCUT2D eigenvalue weighted by Crippen LogP contribution is -2.18. The zero-order chi connectivity index (χ0) is 12.7. The molecule has 17 heavy (non-hydrogen) atoms. The fourth-order valence-electron chi connectivity index (χ4n) is 1.62. The molecular weight excluding hydrogens is 283 g/mol. The number of halogens is 2. The van der Waals surface area contributed by atoms with Gasteiger partial charge < -0.3 is 10.2 Å². The van der Waals surface area contributed by atoms with Crippen molar-refractivity contribution in [1.82, 2.24) is 10.2 Å². The van der Waals surface area contributed by atoms with Gasteiger partial charge in [-0.05, 0) is 63.8 Å². The van der Waals surface area contributed by atoms with Crippen LogP contribution in [0.3, 0.4) is 0 Å². The summed E-state index contributed by atoms with van der Waals surface area (Å²) in [5.74, 6) is -0.191. The van der Waals surface area contributed by atoms with E-state index in [0.717, 1.165) is 36.1 Å². The van der Waals surface area contributed by atoms with Crippen molar-refractivity contribution in [2.24, 2.45) is 0 Å². The Morgan fingerprint density at radius 3 is 2.65 bits per heavy atom. The molecule has 0 saturated heterocycles. The summed E-state index contributed by atoms with van der Waals surface area (Å²) in [6, 6.07) is 4.98. The molecule has 0 aromatic heterocycles. The van der Waals surface area contributed by atoms with Crippen LogP contribution in [-0.4, -0.2) is 32.1 Å².